The van der Waals surface area contributed by atoms with Crippen LogP contribution in [-0.2, 0) is 5.41 Å². The number of nitrogens with zero attached hydrogens (tertiary/aromatic N) is 4. The third-order valence-electron chi connectivity index (χ3n) is 6.74. The van der Waals surface area contributed by atoms with Gasteiger partial charge >= 0.3 is 0 Å². The molecule has 1 amide bonds. The standard InChI is InChI=1S/C28H32N6O/c1-28(2,3)19-15-13-18(14-16-19)17-30-34-25(29)23(27(35)31-20-9-5-4-6-10-20)24-26(34)33-22-12-8-7-11-21(22)32-24/h7-8,11-17,20H,4-6,9-10,29H2,1-3H3,(H,31,35). The normalized spacial score (nSPS) is 15.3. The molecule has 2 aromatic heterocycles. The van der Waals surface area contributed by atoms with Gasteiger partial charge in [0.05, 0.1) is 17.2 Å². The molecule has 0 radical (unpaired) electrons. The summed E-state index contributed by atoms with van der Waals surface area (Å²) in [4.78, 5) is 22.9. The lowest BCUT2D eigenvalue weighted by atomic mass is 9.87. The zero-order valence-corrected chi connectivity index (χ0v) is 20.6. The quantitative estimate of drug-likeness (QED) is 0.391. The molecule has 180 valence electrons. The number of nitrogens with one attached hydrogen (secondary N) is 1. The monoisotopic (exact) mass is 468 g/mol. The van der Waals surface area contributed by atoms with E-state index in [0.717, 1.165) is 36.8 Å². The van der Waals surface area contributed by atoms with Crippen LogP contribution >= 0.6 is 0 Å². The van der Waals surface area contributed by atoms with Crippen LogP contribution in [0.15, 0.2) is 53.6 Å². The molecule has 1 saturated carbocycles. The Balaban J connectivity index is 1.57. The van der Waals surface area contributed by atoms with Crippen molar-refractivity contribution in [3.8, 4) is 0 Å². The van der Waals surface area contributed by atoms with E-state index in [1.807, 2.05) is 36.4 Å². The number of amides is 1. The lowest BCUT2D eigenvalue weighted by molar-refractivity contribution is 0.0930. The number of para-hydroxylation sites is 2. The first-order valence-corrected chi connectivity index (χ1v) is 12.3. The maximum atomic E-state index is 13.4. The molecule has 4 aromatic rings. The molecule has 2 heterocycles. The lowest BCUT2D eigenvalue weighted by Crippen LogP contribution is -2.36. The van der Waals surface area contributed by atoms with Gasteiger partial charge in [0.25, 0.3) is 5.91 Å². The van der Waals surface area contributed by atoms with E-state index in [9.17, 15) is 4.79 Å². The molecule has 0 unspecified atom stereocenters. The van der Waals surface area contributed by atoms with Crippen LogP contribution in [0.1, 0.15) is 74.4 Å². The van der Waals surface area contributed by atoms with Gasteiger partial charge in [-0.1, -0.05) is 76.4 Å². The van der Waals surface area contributed by atoms with E-state index in [1.54, 1.807) is 6.21 Å². The first kappa shape index (κ1) is 23.0. The second-order valence-electron chi connectivity index (χ2n) is 10.4. The van der Waals surface area contributed by atoms with Crippen molar-refractivity contribution >= 4 is 40.1 Å². The maximum absolute atomic E-state index is 13.4. The van der Waals surface area contributed by atoms with Gasteiger partial charge in [0, 0.05) is 6.04 Å². The van der Waals surface area contributed by atoms with Gasteiger partial charge < -0.3 is 11.1 Å². The minimum atomic E-state index is -0.215. The summed E-state index contributed by atoms with van der Waals surface area (Å²) >= 11 is 0. The molecule has 7 nitrogen and oxygen atoms in total. The van der Waals surface area contributed by atoms with Gasteiger partial charge in [0.15, 0.2) is 5.65 Å². The molecule has 3 N–H and O–H groups in total. The van der Waals surface area contributed by atoms with E-state index in [-0.39, 0.29) is 23.2 Å². The van der Waals surface area contributed by atoms with E-state index < -0.39 is 0 Å². The molecule has 1 fully saturated rings. The van der Waals surface area contributed by atoms with Gasteiger partial charge in [-0.05, 0) is 41.5 Å². The molecule has 2 aromatic carbocycles. The molecule has 1 aliphatic carbocycles. The van der Waals surface area contributed by atoms with Crippen LogP contribution < -0.4 is 11.1 Å². The van der Waals surface area contributed by atoms with Crippen LogP contribution in [0, 0.1) is 0 Å². The third kappa shape index (κ3) is 4.63. The highest BCUT2D eigenvalue weighted by molar-refractivity contribution is 6.10. The molecule has 0 spiro atoms. The summed E-state index contributed by atoms with van der Waals surface area (Å²) in [6.45, 7) is 6.56. The Kier molecular flexibility index (Phi) is 6.01. The highest BCUT2D eigenvalue weighted by atomic mass is 16.1. The minimum absolute atomic E-state index is 0.0774. The fourth-order valence-electron chi connectivity index (χ4n) is 4.69. The lowest BCUT2D eigenvalue weighted by Gasteiger charge is -2.22. The number of carbonyl (C=O) groups is 1. The van der Waals surface area contributed by atoms with E-state index in [2.05, 4.69) is 43.3 Å². The van der Waals surface area contributed by atoms with Gasteiger partial charge in [-0.3, -0.25) is 4.79 Å². The summed E-state index contributed by atoms with van der Waals surface area (Å²) in [6, 6.07) is 16.0. The summed E-state index contributed by atoms with van der Waals surface area (Å²) < 4.78 is 1.53. The van der Waals surface area contributed by atoms with Gasteiger partial charge in [0.1, 0.15) is 16.9 Å². The number of nitrogen functional groups attached to an aromatic ring is 1. The van der Waals surface area contributed by atoms with Gasteiger partial charge in [0.2, 0.25) is 0 Å². The van der Waals surface area contributed by atoms with Crippen molar-refractivity contribution in [2.75, 3.05) is 5.73 Å². The summed E-state index contributed by atoms with van der Waals surface area (Å²) in [7, 11) is 0. The van der Waals surface area contributed by atoms with Crippen LogP contribution in [0.2, 0.25) is 0 Å². The van der Waals surface area contributed by atoms with E-state index in [1.165, 1.54) is 16.7 Å². The molecule has 1 aliphatic rings. The van der Waals surface area contributed by atoms with Crippen molar-refractivity contribution in [1.29, 1.82) is 0 Å². The Morgan fingerprint density at radius 1 is 1.03 bits per heavy atom. The highest BCUT2D eigenvalue weighted by Crippen LogP contribution is 2.29. The fraction of sp³-hybridized carbons (Fsp3) is 0.357. The molecular weight excluding hydrogens is 436 g/mol. The predicted octanol–water partition coefficient (Wildman–Crippen LogP) is 5.41. The average molecular weight is 469 g/mol. The number of hydrogen-bond acceptors (Lipinski definition) is 5. The molecule has 0 saturated heterocycles. The van der Waals surface area contributed by atoms with Crippen LogP contribution in [0.3, 0.4) is 0 Å². The number of nitrogens with two attached hydrogens (primary N) is 1. The number of anilines is 1. The number of aromatic nitrogens is 3. The van der Waals surface area contributed by atoms with Crippen molar-refractivity contribution in [2.45, 2.75) is 64.3 Å². The smallest absolute Gasteiger partial charge is 0.257 e. The first-order valence-electron chi connectivity index (χ1n) is 12.3. The second-order valence-corrected chi connectivity index (χ2v) is 10.4. The molecular formula is C28H32N6O. The fourth-order valence-corrected chi connectivity index (χ4v) is 4.69. The van der Waals surface area contributed by atoms with Crippen molar-refractivity contribution in [2.24, 2.45) is 5.10 Å². The Bertz CT molecular complexity index is 1410. The summed E-state index contributed by atoms with van der Waals surface area (Å²) in [5.41, 5.74) is 11.5. The SMILES string of the molecule is CC(C)(C)c1ccc(C=Nn2c(N)c(C(=O)NC3CCCCC3)c3nc4ccccc4nc32)cc1. The number of carbonyl (C=O) groups excluding carboxylic acids is 1. The van der Waals surface area contributed by atoms with Gasteiger partial charge in [-0.25, -0.2) is 9.97 Å². The Morgan fingerprint density at radius 2 is 1.69 bits per heavy atom. The van der Waals surface area contributed by atoms with E-state index >= 15 is 0 Å². The van der Waals surface area contributed by atoms with E-state index in [4.69, 9.17) is 15.7 Å². The zero-order valence-electron chi connectivity index (χ0n) is 20.6. The number of fused-ring (bicyclic) bond motifs is 2. The van der Waals surface area contributed by atoms with E-state index in [0.29, 0.717) is 22.2 Å². The molecule has 5 rings (SSSR count). The number of benzene rings is 2. The van der Waals surface area contributed by atoms with Gasteiger partial charge in [-0.2, -0.15) is 9.78 Å². The topological polar surface area (TPSA) is 98.2 Å². The number of rotatable bonds is 4. The van der Waals surface area contributed by atoms with Gasteiger partial charge in [-0.15, -0.1) is 0 Å². The maximum Gasteiger partial charge on any atom is 0.257 e. The largest absolute Gasteiger partial charge is 0.383 e. The molecule has 7 heteroatoms. The minimum Gasteiger partial charge on any atom is -0.383 e. The molecule has 0 bridgehead atoms. The van der Waals surface area contributed by atoms with Crippen LogP contribution in [-0.4, -0.2) is 32.8 Å². The Hall–Kier alpha value is -3.74. The Morgan fingerprint density at radius 3 is 2.34 bits per heavy atom. The van der Waals surface area contributed by atoms with Crippen molar-refractivity contribution in [3.05, 3.63) is 65.2 Å². The van der Waals surface area contributed by atoms with Crippen molar-refractivity contribution in [1.82, 2.24) is 20.0 Å². The number of hydrogen-bond donors (Lipinski definition) is 2. The van der Waals surface area contributed by atoms with Crippen molar-refractivity contribution < 1.29 is 4.79 Å². The second kappa shape index (κ2) is 9.13. The van der Waals surface area contributed by atoms with Crippen molar-refractivity contribution in [3.63, 3.8) is 0 Å². The molecule has 0 atom stereocenters. The van der Waals surface area contributed by atoms with Crippen LogP contribution in [0.4, 0.5) is 5.82 Å². The molecule has 35 heavy (non-hydrogen) atoms. The Labute approximate surface area is 205 Å². The summed E-state index contributed by atoms with van der Waals surface area (Å²) in [5, 5.41) is 7.81. The zero-order chi connectivity index (χ0) is 24.6. The predicted molar refractivity (Wildman–Crippen MR) is 142 cm³/mol. The third-order valence-corrected chi connectivity index (χ3v) is 6.74. The van der Waals surface area contributed by atoms with Crippen LogP contribution in [0.5, 0.6) is 0 Å². The summed E-state index contributed by atoms with van der Waals surface area (Å²) in [5.74, 6) is 0.0265. The molecule has 0 aliphatic heterocycles. The summed E-state index contributed by atoms with van der Waals surface area (Å²) in [6.07, 6.45) is 7.19. The first-order chi connectivity index (χ1) is 16.8. The van der Waals surface area contributed by atoms with Crippen LogP contribution in [0.25, 0.3) is 22.2 Å². The average Bonchev–Trinajstić information content (AvgIpc) is 3.11. The highest BCUT2D eigenvalue weighted by Gasteiger charge is 2.26.